The Morgan fingerprint density at radius 1 is 1.38 bits per heavy atom. The highest BCUT2D eigenvalue weighted by Gasteiger charge is 2.28. The molecule has 0 aromatic rings. The van der Waals surface area contributed by atoms with Crippen molar-refractivity contribution in [3.8, 4) is 0 Å². The van der Waals surface area contributed by atoms with Crippen LogP contribution in [0.25, 0.3) is 0 Å². The molecule has 0 radical (unpaired) electrons. The molecular weight excluding hydrogens is 262 g/mol. The Balaban J connectivity index is 2.92. The first-order valence-corrected chi connectivity index (χ1v) is 8.14. The number of nitrogens with zero attached hydrogens (tertiary/aromatic N) is 1. The van der Waals surface area contributed by atoms with Gasteiger partial charge >= 0.3 is 5.97 Å². The quantitative estimate of drug-likeness (QED) is 0.533. The van der Waals surface area contributed by atoms with Crippen LogP contribution in [0.2, 0.25) is 0 Å². The van der Waals surface area contributed by atoms with Crippen LogP contribution in [-0.4, -0.2) is 23.5 Å². The number of ether oxygens (including phenoxy) is 1. The van der Waals surface area contributed by atoms with Crippen LogP contribution in [0.3, 0.4) is 0 Å². The average Bonchev–Trinajstić information content (AvgIpc) is 2.40. The minimum atomic E-state index is -0.149. The number of hydrogen-bond acceptors (Lipinski definition) is 3. The van der Waals surface area contributed by atoms with E-state index in [-0.39, 0.29) is 11.4 Å². The van der Waals surface area contributed by atoms with Crippen molar-refractivity contribution in [2.45, 2.75) is 66.8 Å². The van der Waals surface area contributed by atoms with Crippen molar-refractivity contribution in [1.29, 1.82) is 0 Å². The van der Waals surface area contributed by atoms with E-state index in [0.717, 1.165) is 25.1 Å². The van der Waals surface area contributed by atoms with E-state index in [0.29, 0.717) is 18.4 Å². The van der Waals surface area contributed by atoms with Gasteiger partial charge < -0.3 is 9.64 Å². The van der Waals surface area contributed by atoms with Crippen molar-refractivity contribution in [2.75, 3.05) is 6.54 Å². The molecular formula is C18H31NO2. The van der Waals surface area contributed by atoms with E-state index < -0.39 is 0 Å². The Labute approximate surface area is 130 Å². The SMILES string of the molecule is CCC(=O)OC(=CC1CC(C)(C)C=CN1CC(C)C)CC. The normalized spacial score (nSPS) is 21.8. The van der Waals surface area contributed by atoms with Crippen LogP contribution in [0.5, 0.6) is 0 Å². The number of carbonyl (C=O) groups excluding carboxylic acids is 1. The lowest BCUT2D eigenvalue weighted by Crippen LogP contribution is -2.39. The fourth-order valence-corrected chi connectivity index (χ4v) is 2.56. The highest BCUT2D eigenvalue weighted by atomic mass is 16.5. The smallest absolute Gasteiger partial charge is 0.310 e. The van der Waals surface area contributed by atoms with Crippen LogP contribution in [0.1, 0.15) is 60.8 Å². The van der Waals surface area contributed by atoms with Gasteiger partial charge in [0.1, 0.15) is 5.76 Å². The largest absolute Gasteiger partial charge is 0.431 e. The third-order valence-corrected chi connectivity index (χ3v) is 3.71. The molecule has 21 heavy (non-hydrogen) atoms. The summed E-state index contributed by atoms with van der Waals surface area (Å²) in [6.45, 7) is 13.8. The zero-order valence-electron chi connectivity index (χ0n) is 14.5. The monoisotopic (exact) mass is 293 g/mol. The summed E-state index contributed by atoms with van der Waals surface area (Å²) in [6.07, 6.45) is 8.85. The number of hydrogen-bond donors (Lipinski definition) is 0. The molecule has 120 valence electrons. The van der Waals surface area contributed by atoms with E-state index >= 15 is 0 Å². The van der Waals surface area contributed by atoms with E-state index in [1.807, 2.05) is 13.8 Å². The molecule has 0 bridgehead atoms. The highest BCUT2D eigenvalue weighted by Crippen LogP contribution is 2.32. The summed E-state index contributed by atoms with van der Waals surface area (Å²) in [5.41, 5.74) is 0.183. The molecule has 1 unspecified atom stereocenters. The molecule has 0 aromatic heterocycles. The molecule has 3 heteroatoms. The number of allylic oxidation sites excluding steroid dienone is 2. The van der Waals surface area contributed by atoms with Crippen LogP contribution in [-0.2, 0) is 9.53 Å². The minimum Gasteiger partial charge on any atom is -0.431 e. The molecule has 0 saturated carbocycles. The first-order valence-electron chi connectivity index (χ1n) is 8.14. The zero-order chi connectivity index (χ0) is 16.0. The van der Waals surface area contributed by atoms with Crippen molar-refractivity contribution in [3.05, 3.63) is 24.1 Å². The number of rotatable bonds is 6. The Kier molecular flexibility index (Phi) is 6.50. The van der Waals surface area contributed by atoms with E-state index in [2.05, 4.69) is 50.9 Å². The van der Waals surface area contributed by atoms with Gasteiger partial charge in [-0.25, -0.2) is 0 Å². The van der Waals surface area contributed by atoms with Crippen molar-refractivity contribution in [1.82, 2.24) is 4.90 Å². The van der Waals surface area contributed by atoms with Crippen LogP contribution < -0.4 is 0 Å². The number of esters is 1. The molecule has 0 fully saturated rings. The summed E-state index contributed by atoms with van der Waals surface area (Å²) in [5, 5.41) is 0. The molecule has 1 rings (SSSR count). The molecule has 3 nitrogen and oxygen atoms in total. The van der Waals surface area contributed by atoms with Gasteiger partial charge in [0.05, 0.1) is 6.04 Å². The van der Waals surface area contributed by atoms with Gasteiger partial charge in [0.2, 0.25) is 0 Å². The first kappa shape index (κ1) is 17.8. The molecule has 0 aromatic carbocycles. The maximum Gasteiger partial charge on any atom is 0.310 e. The van der Waals surface area contributed by atoms with E-state index in [4.69, 9.17) is 4.74 Å². The second-order valence-electron chi connectivity index (χ2n) is 6.98. The zero-order valence-corrected chi connectivity index (χ0v) is 14.5. The van der Waals surface area contributed by atoms with Crippen molar-refractivity contribution < 1.29 is 9.53 Å². The first-order chi connectivity index (χ1) is 9.77. The molecule has 1 aliphatic heterocycles. The highest BCUT2D eigenvalue weighted by molar-refractivity contribution is 5.70. The van der Waals surface area contributed by atoms with Gasteiger partial charge in [-0.15, -0.1) is 0 Å². The summed E-state index contributed by atoms with van der Waals surface area (Å²) < 4.78 is 5.44. The van der Waals surface area contributed by atoms with Gasteiger partial charge in [-0.2, -0.15) is 0 Å². The fraction of sp³-hybridized carbons (Fsp3) is 0.722. The summed E-state index contributed by atoms with van der Waals surface area (Å²) in [6, 6.07) is 0.298. The lowest BCUT2D eigenvalue weighted by atomic mass is 9.82. The van der Waals surface area contributed by atoms with Crippen LogP contribution in [0.15, 0.2) is 24.1 Å². The predicted octanol–water partition coefficient (Wildman–Crippen LogP) is 4.50. The Morgan fingerprint density at radius 2 is 2.05 bits per heavy atom. The summed E-state index contributed by atoms with van der Waals surface area (Å²) in [4.78, 5) is 13.9. The molecule has 1 heterocycles. The van der Waals surface area contributed by atoms with Crippen LogP contribution >= 0.6 is 0 Å². The Hall–Kier alpha value is -1.25. The standard InChI is InChI=1S/C18H31NO2/c1-7-16(21-17(20)8-2)11-15-12-18(5,6)9-10-19(15)13-14(3)4/h9-11,14-15H,7-8,12-13H2,1-6H3. The van der Waals surface area contributed by atoms with Gasteiger partial charge in [-0.05, 0) is 30.0 Å². The predicted molar refractivity (Wildman–Crippen MR) is 87.6 cm³/mol. The molecule has 0 saturated heterocycles. The van der Waals surface area contributed by atoms with Crippen molar-refractivity contribution in [2.24, 2.45) is 11.3 Å². The van der Waals surface area contributed by atoms with Crippen molar-refractivity contribution >= 4 is 5.97 Å². The summed E-state index contributed by atoms with van der Waals surface area (Å²) in [7, 11) is 0. The topological polar surface area (TPSA) is 29.5 Å². The van der Waals surface area contributed by atoms with Gasteiger partial charge in [-0.1, -0.05) is 47.6 Å². The van der Waals surface area contributed by atoms with Gasteiger partial charge in [0.25, 0.3) is 0 Å². The second-order valence-corrected chi connectivity index (χ2v) is 6.98. The Morgan fingerprint density at radius 3 is 2.57 bits per heavy atom. The molecule has 0 spiro atoms. The second kappa shape index (κ2) is 7.67. The minimum absolute atomic E-state index is 0.149. The molecule has 0 aliphatic carbocycles. The molecule has 1 atom stereocenters. The molecule has 0 amide bonds. The average molecular weight is 293 g/mol. The fourth-order valence-electron chi connectivity index (χ4n) is 2.56. The van der Waals surface area contributed by atoms with Crippen molar-refractivity contribution in [3.63, 3.8) is 0 Å². The van der Waals surface area contributed by atoms with E-state index in [1.165, 1.54) is 0 Å². The molecule has 0 N–H and O–H groups in total. The Bertz CT molecular complexity index is 407. The van der Waals surface area contributed by atoms with Crippen LogP contribution in [0.4, 0.5) is 0 Å². The van der Waals surface area contributed by atoms with E-state index in [9.17, 15) is 4.79 Å². The van der Waals surface area contributed by atoms with E-state index in [1.54, 1.807) is 0 Å². The lowest BCUT2D eigenvalue weighted by Gasteiger charge is -2.39. The van der Waals surface area contributed by atoms with Crippen LogP contribution in [0, 0.1) is 11.3 Å². The lowest BCUT2D eigenvalue weighted by molar-refractivity contribution is -0.139. The summed E-state index contributed by atoms with van der Waals surface area (Å²) >= 11 is 0. The summed E-state index contributed by atoms with van der Waals surface area (Å²) in [5.74, 6) is 1.26. The maximum absolute atomic E-state index is 11.5. The molecule has 1 aliphatic rings. The maximum atomic E-state index is 11.5. The number of carbonyl (C=O) groups is 1. The van der Waals surface area contributed by atoms with Gasteiger partial charge in [0, 0.05) is 19.4 Å². The third kappa shape index (κ3) is 5.94. The third-order valence-electron chi connectivity index (χ3n) is 3.71. The van der Waals surface area contributed by atoms with Gasteiger partial charge in [0.15, 0.2) is 0 Å². The van der Waals surface area contributed by atoms with Gasteiger partial charge in [-0.3, -0.25) is 4.79 Å².